The van der Waals surface area contributed by atoms with Crippen molar-refractivity contribution in [2.75, 3.05) is 37.3 Å². The van der Waals surface area contributed by atoms with Crippen molar-refractivity contribution in [3.05, 3.63) is 42.0 Å². The molecule has 0 unspecified atom stereocenters. The Hall–Kier alpha value is -3.10. The zero-order valence-electron chi connectivity index (χ0n) is 18.4. The summed E-state index contributed by atoms with van der Waals surface area (Å²) in [5, 5.41) is 0. The van der Waals surface area contributed by atoms with Gasteiger partial charge in [0.15, 0.2) is 15.9 Å². The maximum absolute atomic E-state index is 13.1. The van der Waals surface area contributed by atoms with Crippen LogP contribution in [0.5, 0.6) is 5.75 Å². The number of ether oxygens (including phenoxy) is 1. The Kier molecular flexibility index (Phi) is 7.20. The van der Waals surface area contributed by atoms with E-state index in [1.807, 2.05) is 0 Å². The number of alkyl halides is 6. The highest BCUT2D eigenvalue weighted by molar-refractivity contribution is 7.90. The number of halogens is 6. The number of rotatable bonds is 5. The average molecular weight is 526 g/mol. The summed E-state index contributed by atoms with van der Waals surface area (Å²) >= 11 is 0. The maximum Gasteiger partial charge on any atom is 0.451 e. The number of hydrogen-bond acceptors (Lipinski definition) is 7. The van der Waals surface area contributed by atoms with E-state index in [0.29, 0.717) is 5.69 Å². The lowest BCUT2D eigenvalue weighted by atomic mass is 10.1. The van der Waals surface area contributed by atoms with E-state index >= 15 is 0 Å². The van der Waals surface area contributed by atoms with Gasteiger partial charge < -0.3 is 14.5 Å². The molecule has 1 atom stereocenters. The highest BCUT2D eigenvalue weighted by Gasteiger charge is 2.39. The number of hydrogen-bond donors (Lipinski definition) is 0. The Bertz CT molecular complexity index is 1180. The molecule has 1 aliphatic heterocycles. The molecule has 0 radical (unpaired) electrons. The number of piperazine rings is 1. The zero-order chi connectivity index (χ0) is 26.2. The van der Waals surface area contributed by atoms with Crippen molar-refractivity contribution in [3.63, 3.8) is 0 Å². The molecule has 2 heterocycles. The first-order valence-electron chi connectivity index (χ1n) is 10.1. The van der Waals surface area contributed by atoms with E-state index < -0.39 is 45.8 Å². The van der Waals surface area contributed by atoms with Crippen LogP contribution in [0.25, 0.3) is 0 Å². The van der Waals surface area contributed by atoms with Crippen LogP contribution in [-0.2, 0) is 16.0 Å². The lowest BCUT2D eigenvalue weighted by Crippen LogP contribution is -2.49. The van der Waals surface area contributed by atoms with Crippen LogP contribution < -0.4 is 9.64 Å². The molecule has 1 fully saturated rings. The van der Waals surface area contributed by atoms with Gasteiger partial charge in [0.05, 0.1) is 28.5 Å². The van der Waals surface area contributed by atoms with Crippen LogP contribution in [-0.4, -0.2) is 73.9 Å². The summed E-state index contributed by atoms with van der Waals surface area (Å²) in [7, 11) is -3.77. The average Bonchev–Trinajstić information content (AvgIpc) is 2.77. The first-order chi connectivity index (χ1) is 16.1. The van der Waals surface area contributed by atoms with E-state index in [4.69, 9.17) is 4.74 Å². The highest BCUT2D eigenvalue weighted by Crippen LogP contribution is 2.31. The molecule has 2 aromatic rings. The molecule has 3 rings (SSSR count). The van der Waals surface area contributed by atoms with Crippen molar-refractivity contribution in [2.45, 2.75) is 30.3 Å². The highest BCUT2D eigenvalue weighted by atomic mass is 32.2. The molecular weight excluding hydrogens is 506 g/mol. The molecule has 35 heavy (non-hydrogen) atoms. The molecular formula is C20H20F6N4O4S. The third kappa shape index (κ3) is 6.32. The fraction of sp³-hybridized carbons (Fsp3) is 0.450. The van der Waals surface area contributed by atoms with Gasteiger partial charge in [0.25, 0.3) is 5.91 Å². The summed E-state index contributed by atoms with van der Waals surface area (Å²) in [4.78, 5) is 22.4. The molecule has 1 aromatic heterocycles. The van der Waals surface area contributed by atoms with E-state index in [-0.39, 0.29) is 36.6 Å². The van der Waals surface area contributed by atoms with Crippen LogP contribution in [0.15, 0.2) is 35.5 Å². The van der Waals surface area contributed by atoms with Gasteiger partial charge in [-0.15, -0.1) is 0 Å². The summed E-state index contributed by atoms with van der Waals surface area (Å²) in [6.45, 7) is 1.20. The van der Waals surface area contributed by atoms with Gasteiger partial charge in [0.1, 0.15) is 5.75 Å². The van der Waals surface area contributed by atoms with Crippen molar-refractivity contribution >= 4 is 21.4 Å². The molecule has 1 aliphatic rings. The number of amides is 1. The molecule has 0 bridgehead atoms. The number of carbonyl (C=O) groups is 1. The fourth-order valence-corrected chi connectivity index (χ4v) is 3.88. The smallest absolute Gasteiger partial charge is 0.451 e. The van der Waals surface area contributed by atoms with E-state index in [2.05, 4.69) is 9.97 Å². The minimum Gasteiger partial charge on any atom is -0.480 e. The molecule has 0 N–H and O–H groups in total. The van der Waals surface area contributed by atoms with Crippen LogP contribution in [0.3, 0.4) is 0 Å². The first-order valence-corrected chi connectivity index (χ1v) is 12.0. The predicted octanol–water partition coefficient (Wildman–Crippen LogP) is 3.19. The normalized spacial score (nSPS) is 16.2. The van der Waals surface area contributed by atoms with Crippen molar-refractivity contribution in [3.8, 4) is 5.75 Å². The summed E-state index contributed by atoms with van der Waals surface area (Å²) < 4.78 is 106. The number of sulfone groups is 1. The third-order valence-electron chi connectivity index (χ3n) is 5.20. The van der Waals surface area contributed by atoms with Gasteiger partial charge in [0.2, 0.25) is 5.82 Å². The Labute approximate surface area is 196 Å². The molecule has 0 aliphatic carbocycles. The number of anilines is 1. The monoisotopic (exact) mass is 526 g/mol. The molecule has 15 heteroatoms. The lowest BCUT2D eigenvalue weighted by Gasteiger charge is -2.36. The number of carbonyl (C=O) groups excluding carboxylic acids is 1. The lowest BCUT2D eigenvalue weighted by molar-refractivity contribution is -0.189. The van der Waals surface area contributed by atoms with Crippen LogP contribution in [0.4, 0.5) is 32.0 Å². The van der Waals surface area contributed by atoms with Crippen molar-refractivity contribution in [1.82, 2.24) is 14.9 Å². The van der Waals surface area contributed by atoms with E-state index in [9.17, 15) is 39.6 Å². The molecule has 8 nitrogen and oxygen atoms in total. The third-order valence-corrected chi connectivity index (χ3v) is 6.31. The molecule has 192 valence electrons. The van der Waals surface area contributed by atoms with Gasteiger partial charge in [-0.05, 0) is 25.1 Å². The Balaban J connectivity index is 1.79. The second-order valence-corrected chi connectivity index (χ2v) is 9.79. The zero-order valence-corrected chi connectivity index (χ0v) is 19.2. The molecule has 0 saturated carbocycles. The van der Waals surface area contributed by atoms with Gasteiger partial charge in [-0.3, -0.25) is 4.79 Å². The summed E-state index contributed by atoms with van der Waals surface area (Å²) in [5.74, 6) is -2.46. The van der Waals surface area contributed by atoms with Crippen LogP contribution in [0.2, 0.25) is 0 Å². The van der Waals surface area contributed by atoms with Gasteiger partial charge in [-0.1, -0.05) is 0 Å². The quantitative estimate of drug-likeness (QED) is 0.553. The van der Waals surface area contributed by atoms with E-state index in [1.54, 1.807) is 4.90 Å². The predicted molar refractivity (Wildman–Crippen MR) is 111 cm³/mol. The maximum atomic E-state index is 13.1. The van der Waals surface area contributed by atoms with Gasteiger partial charge in [-0.25, -0.2) is 18.4 Å². The van der Waals surface area contributed by atoms with Crippen molar-refractivity contribution in [1.29, 1.82) is 0 Å². The summed E-state index contributed by atoms with van der Waals surface area (Å²) in [6, 6.07) is 3.01. The van der Waals surface area contributed by atoms with E-state index in [1.165, 1.54) is 4.90 Å². The van der Waals surface area contributed by atoms with Crippen molar-refractivity contribution in [2.24, 2.45) is 0 Å². The van der Waals surface area contributed by atoms with Gasteiger partial charge in [-0.2, -0.15) is 26.3 Å². The molecule has 1 aromatic carbocycles. The molecule has 0 spiro atoms. The minimum atomic E-state index is -4.72. The fourth-order valence-electron chi connectivity index (χ4n) is 3.24. The van der Waals surface area contributed by atoms with Crippen LogP contribution >= 0.6 is 0 Å². The van der Waals surface area contributed by atoms with Gasteiger partial charge in [0, 0.05) is 32.4 Å². The minimum absolute atomic E-state index is 0.0528. The summed E-state index contributed by atoms with van der Waals surface area (Å²) in [6.07, 6.45) is -8.76. The summed E-state index contributed by atoms with van der Waals surface area (Å²) in [5.41, 5.74) is -0.0532. The van der Waals surface area contributed by atoms with E-state index in [0.717, 1.165) is 43.8 Å². The van der Waals surface area contributed by atoms with Crippen LogP contribution in [0.1, 0.15) is 23.1 Å². The second kappa shape index (κ2) is 9.51. The number of benzene rings is 1. The number of aromatic nitrogens is 2. The largest absolute Gasteiger partial charge is 0.480 e. The van der Waals surface area contributed by atoms with Crippen molar-refractivity contribution < 1.29 is 44.3 Å². The molecule has 1 amide bonds. The Morgan fingerprint density at radius 3 is 2.09 bits per heavy atom. The topological polar surface area (TPSA) is 92.7 Å². The Morgan fingerprint density at radius 1 is 1.03 bits per heavy atom. The Morgan fingerprint density at radius 2 is 1.60 bits per heavy atom. The SMILES string of the molecule is C[C@@H](Oc1ccc(S(C)(=O)=O)cc1C(=O)N1CCN(c2cnc(C(F)(F)F)nc2)CC1)C(F)(F)F. The second-order valence-electron chi connectivity index (χ2n) is 7.77. The van der Waals surface area contributed by atoms with Gasteiger partial charge >= 0.3 is 12.4 Å². The standard InChI is InChI=1S/C20H20F6N4O4S/c1-12(19(21,22)23)34-16-4-3-14(35(2,32)33)9-15(16)17(31)30-7-5-29(6-8-30)13-10-27-18(28-11-13)20(24,25)26/h3-4,9-12H,5-8H2,1-2H3/t12-/m1/s1. The number of nitrogens with zero attached hydrogens (tertiary/aromatic N) is 4. The first kappa shape index (κ1) is 26.5. The molecule has 1 saturated heterocycles. The van der Waals surface area contributed by atoms with Crippen LogP contribution in [0, 0.1) is 0 Å².